The van der Waals surface area contributed by atoms with Gasteiger partial charge < -0.3 is 14.4 Å². The molecule has 0 aliphatic carbocycles. The van der Waals surface area contributed by atoms with Crippen LogP contribution in [0, 0.1) is 0 Å². The number of ether oxygens (including phenoxy) is 2. The first-order chi connectivity index (χ1) is 15.7. The van der Waals surface area contributed by atoms with E-state index in [1.54, 1.807) is 42.7 Å². The van der Waals surface area contributed by atoms with Crippen molar-refractivity contribution in [3.63, 3.8) is 0 Å². The number of carbonyl (C=O) groups is 1. The molecule has 1 aromatic heterocycles. The SMILES string of the molecule is C=CCOc1ccc(C(=O)N2CCN(Cc3csc(-c4ccccc4)n3)CC2)cc1OC. The van der Waals surface area contributed by atoms with Gasteiger partial charge in [-0.15, -0.1) is 11.3 Å². The Labute approximate surface area is 192 Å². The molecule has 166 valence electrons. The zero-order valence-corrected chi connectivity index (χ0v) is 19.0. The van der Waals surface area contributed by atoms with Crippen molar-refractivity contribution in [2.75, 3.05) is 39.9 Å². The predicted molar refractivity (Wildman–Crippen MR) is 127 cm³/mol. The summed E-state index contributed by atoms with van der Waals surface area (Å²) < 4.78 is 11.0. The fourth-order valence-corrected chi connectivity index (χ4v) is 4.50. The summed E-state index contributed by atoms with van der Waals surface area (Å²) in [6, 6.07) is 15.6. The number of carbonyl (C=O) groups excluding carboxylic acids is 1. The molecule has 1 fully saturated rings. The summed E-state index contributed by atoms with van der Waals surface area (Å²) in [5, 5.41) is 3.17. The molecular formula is C25H27N3O3S. The number of piperazine rings is 1. The van der Waals surface area contributed by atoms with Crippen LogP contribution in [-0.4, -0.2) is 60.6 Å². The van der Waals surface area contributed by atoms with Crippen molar-refractivity contribution in [2.45, 2.75) is 6.54 Å². The summed E-state index contributed by atoms with van der Waals surface area (Å²) in [5.74, 6) is 1.17. The average molecular weight is 450 g/mol. The minimum absolute atomic E-state index is 0.0123. The van der Waals surface area contributed by atoms with Crippen molar-refractivity contribution >= 4 is 17.2 Å². The third-order valence-electron chi connectivity index (χ3n) is 5.38. The number of aromatic nitrogens is 1. The van der Waals surface area contributed by atoms with Crippen molar-refractivity contribution in [3.05, 3.63) is 77.8 Å². The molecule has 1 saturated heterocycles. The molecule has 0 atom stereocenters. The van der Waals surface area contributed by atoms with Gasteiger partial charge in [0.15, 0.2) is 11.5 Å². The van der Waals surface area contributed by atoms with Gasteiger partial charge in [-0.2, -0.15) is 0 Å². The van der Waals surface area contributed by atoms with Crippen molar-refractivity contribution < 1.29 is 14.3 Å². The smallest absolute Gasteiger partial charge is 0.254 e. The maximum atomic E-state index is 13.0. The van der Waals surface area contributed by atoms with Crippen molar-refractivity contribution in [2.24, 2.45) is 0 Å². The highest BCUT2D eigenvalue weighted by Gasteiger charge is 2.23. The van der Waals surface area contributed by atoms with E-state index in [9.17, 15) is 4.79 Å². The van der Waals surface area contributed by atoms with E-state index in [0.29, 0.717) is 36.8 Å². The quantitative estimate of drug-likeness (QED) is 0.479. The molecule has 3 aromatic rings. The van der Waals surface area contributed by atoms with Crippen molar-refractivity contribution in [1.82, 2.24) is 14.8 Å². The summed E-state index contributed by atoms with van der Waals surface area (Å²) in [6.07, 6.45) is 1.67. The van der Waals surface area contributed by atoms with Gasteiger partial charge in [0.2, 0.25) is 0 Å². The van der Waals surface area contributed by atoms with Gasteiger partial charge in [0.05, 0.1) is 12.8 Å². The molecule has 1 aliphatic rings. The van der Waals surface area contributed by atoms with E-state index in [1.807, 2.05) is 23.1 Å². The van der Waals surface area contributed by atoms with Gasteiger partial charge >= 0.3 is 0 Å². The second-order valence-corrected chi connectivity index (χ2v) is 8.40. The lowest BCUT2D eigenvalue weighted by Gasteiger charge is -2.34. The molecule has 7 heteroatoms. The van der Waals surface area contributed by atoms with Gasteiger partial charge in [-0.3, -0.25) is 9.69 Å². The fraction of sp³-hybridized carbons (Fsp3) is 0.280. The van der Waals surface area contributed by atoms with E-state index in [2.05, 4.69) is 29.0 Å². The van der Waals surface area contributed by atoms with Gasteiger partial charge in [0.1, 0.15) is 11.6 Å². The zero-order valence-electron chi connectivity index (χ0n) is 18.2. The van der Waals surface area contributed by atoms with E-state index in [-0.39, 0.29) is 5.91 Å². The first-order valence-electron chi connectivity index (χ1n) is 10.6. The minimum atomic E-state index is 0.0123. The van der Waals surface area contributed by atoms with E-state index in [1.165, 1.54) is 0 Å². The fourth-order valence-electron chi connectivity index (χ4n) is 3.68. The lowest BCUT2D eigenvalue weighted by Crippen LogP contribution is -2.48. The highest BCUT2D eigenvalue weighted by Crippen LogP contribution is 2.29. The van der Waals surface area contributed by atoms with E-state index in [4.69, 9.17) is 14.5 Å². The molecule has 0 N–H and O–H groups in total. The monoisotopic (exact) mass is 449 g/mol. The van der Waals surface area contributed by atoms with Crippen LogP contribution in [0.15, 0.2) is 66.6 Å². The number of amides is 1. The highest BCUT2D eigenvalue weighted by molar-refractivity contribution is 7.13. The van der Waals surface area contributed by atoms with Crippen molar-refractivity contribution in [3.8, 4) is 22.1 Å². The Hall–Kier alpha value is -3.16. The molecule has 1 amide bonds. The van der Waals surface area contributed by atoms with Gasteiger partial charge in [0.25, 0.3) is 5.91 Å². The Morgan fingerprint density at radius 3 is 2.62 bits per heavy atom. The number of thiazole rings is 1. The van der Waals surface area contributed by atoms with Crippen LogP contribution >= 0.6 is 11.3 Å². The molecule has 4 rings (SSSR count). The third-order valence-corrected chi connectivity index (χ3v) is 6.33. The molecule has 2 heterocycles. The van der Waals surface area contributed by atoms with E-state index in [0.717, 1.165) is 35.9 Å². The molecule has 0 radical (unpaired) electrons. The summed E-state index contributed by atoms with van der Waals surface area (Å²) in [4.78, 5) is 22.0. The van der Waals surface area contributed by atoms with Gasteiger partial charge in [-0.25, -0.2) is 4.98 Å². The summed E-state index contributed by atoms with van der Waals surface area (Å²) in [5.41, 5.74) is 2.83. The first kappa shape index (κ1) is 22.0. The average Bonchev–Trinajstić information content (AvgIpc) is 3.31. The number of hydrogen-bond donors (Lipinski definition) is 0. The Balaban J connectivity index is 1.33. The number of nitrogens with zero attached hydrogens (tertiary/aromatic N) is 3. The molecule has 0 bridgehead atoms. The van der Waals surface area contributed by atoms with Crippen LogP contribution in [0.1, 0.15) is 16.1 Å². The first-order valence-corrected chi connectivity index (χ1v) is 11.5. The van der Waals surface area contributed by atoms with Crippen LogP contribution in [0.5, 0.6) is 11.5 Å². The largest absolute Gasteiger partial charge is 0.493 e. The highest BCUT2D eigenvalue weighted by atomic mass is 32.1. The molecule has 32 heavy (non-hydrogen) atoms. The Bertz CT molecular complexity index is 1060. The van der Waals surface area contributed by atoms with E-state index >= 15 is 0 Å². The van der Waals surface area contributed by atoms with Crippen molar-refractivity contribution in [1.29, 1.82) is 0 Å². The minimum Gasteiger partial charge on any atom is -0.493 e. The second kappa shape index (κ2) is 10.4. The number of benzene rings is 2. The maximum Gasteiger partial charge on any atom is 0.254 e. The van der Waals surface area contributed by atoms with Crippen LogP contribution in [-0.2, 0) is 6.54 Å². The molecular weight excluding hydrogens is 422 g/mol. The number of methoxy groups -OCH3 is 1. The second-order valence-electron chi connectivity index (χ2n) is 7.54. The Morgan fingerprint density at radius 1 is 1.12 bits per heavy atom. The van der Waals surface area contributed by atoms with Crippen LogP contribution in [0.4, 0.5) is 0 Å². The van der Waals surface area contributed by atoms with Crippen LogP contribution in [0.2, 0.25) is 0 Å². The topological polar surface area (TPSA) is 54.9 Å². The van der Waals surface area contributed by atoms with Crippen LogP contribution in [0.25, 0.3) is 10.6 Å². The standard InChI is InChI=1S/C25H27N3O3S/c1-3-15-31-22-10-9-20(16-23(22)30-2)25(29)28-13-11-27(12-14-28)17-21-18-32-24(26-21)19-7-5-4-6-8-19/h3-10,16,18H,1,11-15,17H2,2H3. The van der Waals surface area contributed by atoms with E-state index < -0.39 is 0 Å². The zero-order chi connectivity index (χ0) is 22.3. The normalized spacial score (nSPS) is 14.2. The van der Waals surface area contributed by atoms with Gasteiger partial charge in [0, 0.05) is 49.2 Å². The number of hydrogen-bond acceptors (Lipinski definition) is 6. The molecule has 0 unspecified atom stereocenters. The summed E-state index contributed by atoms with van der Waals surface area (Å²) in [6.45, 7) is 7.85. The van der Waals surface area contributed by atoms with Crippen LogP contribution < -0.4 is 9.47 Å². The third kappa shape index (κ3) is 5.18. The lowest BCUT2D eigenvalue weighted by atomic mass is 10.1. The molecule has 6 nitrogen and oxygen atoms in total. The molecule has 1 aliphatic heterocycles. The predicted octanol–water partition coefficient (Wildman–Crippen LogP) is 4.34. The lowest BCUT2D eigenvalue weighted by molar-refractivity contribution is 0.0627. The number of rotatable bonds is 8. The Morgan fingerprint density at radius 2 is 1.91 bits per heavy atom. The maximum absolute atomic E-state index is 13.0. The van der Waals surface area contributed by atoms with Crippen LogP contribution in [0.3, 0.4) is 0 Å². The summed E-state index contributed by atoms with van der Waals surface area (Å²) in [7, 11) is 1.57. The Kier molecular flexibility index (Phi) is 7.19. The molecule has 2 aromatic carbocycles. The molecule has 0 spiro atoms. The summed E-state index contributed by atoms with van der Waals surface area (Å²) >= 11 is 1.67. The van der Waals surface area contributed by atoms with Gasteiger partial charge in [-0.05, 0) is 18.2 Å². The van der Waals surface area contributed by atoms with Gasteiger partial charge in [-0.1, -0.05) is 43.0 Å². The molecule has 0 saturated carbocycles.